The number of hydrogen-bond acceptors (Lipinski definition) is 3. The van der Waals surface area contributed by atoms with E-state index in [0.29, 0.717) is 18.4 Å². The summed E-state index contributed by atoms with van der Waals surface area (Å²) in [7, 11) is 0. The Balaban J connectivity index is 2.51. The Hall–Kier alpha value is -2.25. The van der Waals surface area contributed by atoms with Crippen molar-refractivity contribution < 1.29 is 32.6 Å². The Morgan fingerprint density at radius 2 is 1.88 bits per heavy atom. The quantitative estimate of drug-likeness (QED) is 0.673. The van der Waals surface area contributed by atoms with Gasteiger partial charge < -0.3 is 15.2 Å². The summed E-state index contributed by atoms with van der Waals surface area (Å²) < 4.78 is 41.6. The molecule has 0 saturated heterocycles. The first-order chi connectivity index (χ1) is 11.2. The highest BCUT2D eigenvalue weighted by Gasteiger charge is 2.28. The van der Waals surface area contributed by atoms with E-state index < -0.39 is 18.8 Å². The normalized spacial score (nSPS) is 11.2. The molecule has 0 atom stereocenters. The summed E-state index contributed by atoms with van der Waals surface area (Å²) in [6.45, 7) is 0.378. The number of carbonyl (C=O) groups excluding carboxylic acids is 1. The Kier molecular flexibility index (Phi) is 7.54. The van der Waals surface area contributed by atoms with Crippen molar-refractivity contribution in [2.75, 3.05) is 6.61 Å². The van der Waals surface area contributed by atoms with Crippen LogP contribution in [0.1, 0.15) is 36.8 Å². The standard InChI is InChI=1S/C16H20F3NO4/c1-11-6-7-12(13(8-11)24-10-16(17,18)19)9-20-14(21)4-2-3-5-15(22)23/h6-8H,2-5,9-10H2,1H3,(H,20,21)(H,22,23). The number of aliphatic carboxylic acids is 1. The average molecular weight is 347 g/mol. The largest absolute Gasteiger partial charge is 0.484 e. The summed E-state index contributed by atoms with van der Waals surface area (Å²) in [6, 6.07) is 4.81. The molecule has 0 aromatic heterocycles. The van der Waals surface area contributed by atoms with Gasteiger partial charge in [-0.2, -0.15) is 13.2 Å². The smallest absolute Gasteiger partial charge is 0.422 e. The van der Waals surface area contributed by atoms with Gasteiger partial charge in [0, 0.05) is 24.9 Å². The van der Waals surface area contributed by atoms with Crippen LogP contribution in [0.5, 0.6) is 5.75 Å². The zero-order valence-electron chi connectivity index (χ0n) is 13.3. The summed E-state index contributed by atoms with van der Waals surface area (Å²) >= 11 is 0. The summed E-state index contributed by atoms with van der Waals surface area (Å²) in [5, 5.41) is 11.1. The first kappa shape index (κ1) is 19.8. The summed E-state index contributed by atoms with van der Waals surface area (Å²) in [5.41, 5.74) is 1.19. The number of aryl methyl sites for hydroxylation is 1. The molecule has 0 radical (unpaired) electrons. The molecule has 1 aromatic rings. The van der Waals surface area contributed by atoms with Crippen LogP contribution in [0, 0.1) is 6.92 Å². The number of alkyl halides is 3. The topological polar surface area (TPSA) is 75.6 Å². The predicted octanol–water partition coefficient (Wildman–Crippen LogP) is 3.20. The van der Waals surface area contributed by atoms with Crippen molar-refractivity contribution in [3.05, 3.63) is 29.3 Å². The number of carboxylic acid groups (broad SMARTS) is 1. The monoisotopic (exact) mass is 347 g/mol. The number of rotatable bonds is 9. The predicted molar refractivity (Wildman–Crippen MR) is 80.7 cm³/mol. The lowest BCUT2D eigenvalue weighted by Gasteiger charge is -2.14. The summed E-state index contributed by atoms with van der Waals surface area (Å²) in [6.07, 6.45) is -3.44. The number of nitrogens with one attached hydrogen (secondary N) is 1. The van der Waals surface area contributed by atoms with Crippen LogP contribution in [0.15, 0.2) is 18.2 Å². The Labute approximate surface area is 137 Å². The average Bonchev–Trinajstić information content (AvgIpc) is 2.47. The molecule has 1 aromatic carbocycles. The Bertz CT molecular complexity index is 573. The molecule has 0 aliphatic carbocycles. The second kappa shape index (κ2) is 9.14. The van der Waals surface area contributed by atoms with E-state index in [1.54, 1.807) is 19.1 Å². The van der Waals surface area contributed by atoms with E-state index in [0.717, 1.165) is 5.56 Å². The minimum absolute atomic E-state index is 0.000667. The minimum Gasteiger partial charge on any atom is -0.484 e. The van der Waals surface area contributed by atoms with Gasteiger partial charge in [-0.05, 0) is 31.4 Å². The lowest BCUT2D eigenvalue weighted by Crippen LogP contribution is -2.24. The maximum absolute atomic E-state index is 12.3. The van der Waals surface area contributed by atoms with Gasteiger partial charge in [-0.3, -0.25) is 9.59 Å². The van der Waals surface area contributed by atoms with Crippen molar-refractivity contribution in [1.82, 2.24) is 5.32 Å². The number of halogens is 3. The molecule has 1 rings (SSSR count). The second-order valence-electron chi connectivity index (χ2n) is 5.39. The second-order valence-corrected chi connectivity index (χ2v) is 5.39. The van der Waals surface area contributed by atoms with Crippen molar-refractivity contribution in [3.63, 3.8) is 0 Å². The molecule has 0 aliphatic rings. The molecular weight excluding hydrogens is 327 g/mol. The maximum atomic E-state index is 12.3. The van der Waals surface area contributed by atoms with Crippen molar-refractivity contribution in [1.29, 1.82) is 0 Å². The molecule has 1 amide bonds. The number of unbranched alkanes of at least 4 members (excludes halogenated alkanes) is 1. The molecule has 0 saturated carbocycles. The van der Waals surface area contributed by atoms with Crippen LogP contribution in [0.2, 0.25) is 0 Å². The number of ether oxygens (including phenoxy) is 1. The van der Waals surface area contributed by atoms with E-state index in [9.17, 15) is 22.8 Å². The van der Waals surface area contributed by atoms with E-state index >= 15 is 0 Å². The van der Waals surface area contributed by atoms with Gasteiger partial charge in [0.05, 0.1) is 0 Å². The molecule has 0 bridgehead atoms. The van der Waals surface area contributed by atoms with Gasteiger partial charge in [0.1, 0.15) is 5.75 Å². The van der Waals surface area contributed by atoms with Gasteiger partial charge in [-0.1, -0.05) is 12.1 Å². The Morgan fingerprint density at radius 1 is 1.21 bits per heavy atom. The fourth-order valence-electron chi connectivity index (χ4n) is 1.95. The van der Waals surface area contributed by atoms with Crippen LogP contribution in [-0.4, -0.2) is 29.8 Å². The Morgan fingerprint density at radius 3 is 2.50 bits per heavy atom. The van der Waals surface area contributed by atoms with Gasteiger partial charge >= 0.3 is 12.1 Å². The first-order valence-corrected chi connectivity index (χ1v) is 7.45. The van der Waals surface area contributed by atoms with Crippen molar-refractivity contribution in [2.24, 2.45) is 0 Å². The van der Waals surface area contributed by atoms with Crippen LogP contribution >= 0.6 is 0 Å². The van der Waals surface area contributed by atoms with E-state index in [2.05, 4.69) is 5.32 Å². The van der Waals surface area contributed by atoms with Crippen molar-refractivity contribution in [2.45, 2.75) is 45.3 Å². The number of carbonyl (C=O) groups is 2. The molecule has 0 fully saturated rings. The third-order valence-electron chi connectivity index (χ3n) is 3.13. The van der Waals surface area contributed by atoms with Crippen molar-refractivity contribution in [3.8, 4) is 5.75 Å². The van der Waals surface area contributed by atoms with Gasteiger partial charge in [0.25, 0.3) is 0 Å². The van der Waals surface area contributed by atoms with Gasteiger partial charge in [0.2, 0.25) is 5.91 Å². The number of benzene rings is 1. The summed E-state index contributed by atoms with van der Waals surface area (Å²) in [4.78, 5) is 22.0. The van der Waals surface area contributed by atoms with Gasteiger partial charge in [-0.15, -0.1) is 0 Å². The van der Waals surface area contributed by atoms with E-state index in [1.807, 2.05) is 0 Å². The summed E-state index contributed by atoms with van der Waals surface area (Å²) in [5.74, 6) is -1.12. The molecule has 0 heterocycles. The number of amides is 1. The van der Waals surface area contributed by atoms with Gasteiger partial charge in [-0.25, -0.2) is 0 Å². The fraction of sp³-hybridized carbons (Fsp3) is 0.500. The molecule has 0 unspecified atom stereocenters. The van der Waals surface area contributed by atoms with Crippen molar-refractivity contribution >= 4 is 11.9 Å². The fourth-order valence-corrected chi connectivity index (χ4v) is 1.95. The molecular formula is C16H20F3NO4. The first-order valence-electron chi connectivity index (χ1n) is 7.45. The van der Waals surface area contributed by atoms with Crippen LogP contribution in [-0.2, 0) is 16.1 Å². The van der Waals surface area contributed by atoms with Crippen LogP contribution < -0.4 is 10.1 Å². The molecule has 5 nitrogen and oxygen atoms in total. The van der Waals surface area contributed by atoms with Gasteiger partial charge in [0.15, 0.2) is 6.61 Å². The van der Waals surface area contributed by atoms with E-state index in [4.69, 9.17) is 9.84 Å². The zero-order chi connectivity index (χ0) is 18.2. The highest BCUT2D eigenvalue weighted by molar-refractivity contribution is 5.76. The van der Waals surface area contributed by atoms with Crippen LogP contribution in [0.25, 0.3) is 0 Å². The molecule has 2 N–H and O–H groups in total. The lowest BCUT2D eigenvalue weighted by atomic mass is 10.1. The van der Waals surface area contributed by atoms with Crippen LogP contribution in [0.3, 0.4) is 0 Å². The number of hydrogen-bond donors (Lipinski definition) is 2. The minimum atomic E-state index is -4.44. The molecule has 0 aliphatic heterocycles. The van der Waals surface area contributed by atoms with E-state index in [-0.39, 0.29) is 31.0 Å². The third-order valence-corrected chi connectivity index (χ3v) is 3.13. The maximum Gasteiger partial charge on any atom is 0.422 e. The van der Waals surface area contributed by atoms with E-state index in [1.165, 1.54) is 6.07 Å². The SMILES string of the molecule is Cc1ccc(CNC(=O)CCCCC(=O)O)c(OCC(F)(F)F)c1. The number of carboxylic acids is 1. The van der Waals surface area contributed by atoms with Crippen LogP contribution in [0.4, 0.5) is 13.2 Å². The third kappa shape index (κ3) is 8.40. The molecule has 0 spiro atoms. The molecule has 134 valence electrons. The zero-order valence-corrected chi connectivity index (χ0v) is 13.3. The molecule has 8 heteroatoms. The highest BCUT2D eigenvalue weighted by Crippen LogP contribution is 2.23. The lowest BCUT2D eigenvalue weighted by molar-refractivity contribution is -0.153. The molecule has 24 heavy (non-hydrogen) atoms. The highest BCUT2D eigenvalue weighted by atomic mass is 19.4.